The van der Waals surface area contributed by atoms with Crippen LogP contribution in [0.5, 0.6) is 5.75 Å². The molecule has 0 radical (unpaired) electrons. The van der Waals surface area contributed by atoms with Gasteiger partial charge in [0.1, 0.15) is 17.4 Å². The fourth-order valence-corrected chi connectivity index (χ4v) is 4.49. The molecule has 8 heteroatoms. The van der Waals surface area contributed by atoms with Gasteiger partial charge in [-0.3, -0.25) is 9.79 Å². The second kappa shape index (κ2) is 9.01. The van der Waals surface area contributed by atoms with Crippen LogP contribution in [0.3, 0.4) is 0 Å². The van der Waals surface area contributed by atoms with Gasteiger partial charge in [-0.05, 0) is 54.0 Å². The molecule has 2 aromatic carbocycles. The van der Waals surface area contributed by atoms with Crippen LogP contribution in [0, 0.1) is 11.6 Å². The van der Waals surface area contributed by atoms with Crippen LogP contribution in [0.2, 0.25) is 0 Å². The maximum Gasteiger partial charge on any atom is 0.224 e. The van der Waals surface area contributed by atoms with Crippen molar-refractivity contribution in [2.24, 2.45) is 4.99 Å². The van der Waals surface area contributed by atoms with Crippen molar-refractivity contribution in [3.8, 4) is 5.75 Å². The van der Waals surface area contributed by atoms with Crippen LogP contribution in [0.25, 0.3) is 10.9 Å². The molecular weight excluding hydrogens is 468 g/mol. The topological polar surface area (TPSA) is 77.5 Å². The smallest absolute Gasteiger partial charge is 0.224 e. The zero-order valence-corrected chi connectivity index (χ0v) is 17.9. The molecule has 0 saturated heterocycles. The van der Waals surface area contributed by atoms with Crippen molar-refractivity contribution in [1.29, 1.82) is 0 Å². The number of aliphatic imine (C=N–C) groups is 1. The summed E-state index contributed by atoms with van der Waals surface area (Å²) in [6.45, 7) is 0. The molecule has 1 amide bonds. The van der Waals surface area contributed by atoms with Crippen molar-refractivity contribution in [2.75, 3.05) is 0 Å². The maximum absolute atomic E-state index is 13.7. The van der Waals surface area contributed by atoms with Crippen molar-refractivity contribution >= 4 is 39.0 Å². The Balaban J connectivity index is 1.55. The summed E-state index contributed by atoms with van der Waals surface area (Å²) < 4.78 is 27.4. The predicted molar refractivity (Wildman–Crippen MR) is 120 cm³/mol. The summed E-state index contributed by atoms with van der Waals surface area (Å²) >= 11 is 3.56. The molecular formula is C23H20BrF2N3O2. The number of halogens is 3. The van der Waals surface area contributed by atoms with Crippen LogP contribution in [0.1, 0.15) is 11.1 Å². The Hall–Kier alpha value is -3.00. The largest absolute Gasteiger partial charge is 0.508 e. The molecule has 31 heavy (non-hydrogen) atoms. The van der Waals surface area contributed by atoms with E-state index in [2.05, 4.69) is 31.2 Å². The number of nitrogens with zero attached hydrogens (tertiary/aromatic N) is 1. The highest BCUT2D eigenvalue weighted by Crippen LogP contribution is 2.24. The quantitative estimate of drug-likeness (QED) is 0.455. The highest BCUT2D eigenvalue weighted by molar-refractivity contribution is 9.09. The molecule has 0 spiro atoms. The third-order valence-corrected chi connectivity index (χ3v) is 6.05. The van der Waals surface area contributed by atoms with E-state index in [4.69, 9.17) is 0 Å². The lowest BCUT2D eigenvalue weighted by Crippen LogP contribution is -2.48. The summed E-state index contributed by atoms with van der Waals surface area (Å²) in [5.74, 6) is -1.47. The van der Waals surface area contributed by atoms with Gasteiger partial charge in [0.05, 0.1) is 23.3 Å². The number of nitrogens with one attached hydrogen (secondary N) is 2. The standard InChI is InChI=1S/C23H20BrF2N3O2/c24-19-2-1-5-27-23(19)21(8-13-6-15(25)10-16(26)7-13)29-22(31)9-14-12-28-20-4-3-17(30)11-18(14)20/h1-7,10-12,19,21,23,28,30H,8-9H2,(H,29,31)/t19?,21-,23?/m0/s1. The fourth-order valence-electron chi connectivity index (χ4n) is 3.81. The number of benzene rings is 2. The number of aromatic amines is 1. The number of phenols is 1. The molecule has 2 heterocycles. The normalized spacial score (nSPS) is 18.9. The molecule has 1 aliphatic heterocycles. The number of alkyl halides is 1. The number of phenolic OH excluding ortho intramolecular Hbond substituents is 1. The van der Waals surface area contributed by atoms with E-state index in [1.54, 1.807) is 36.7 Å². The number of dihydropyridines is 1. The number of rotatable bonds is 6. The lowest BCUT2D eigenvalue weighted by Gasteiger charge is -2.29. The third-order valence-electron chi connectivity index (χ3n) is 5.20. The first-order chi connectivity index (χ1) is 14.9. The minimum atomic E-state index is -0.666. The SMILES string of the molecule is O=C(Cc1c[nH]c2ccc(O)cc12)N[C@@H](Cc1cc(F)cc(F)c1)C1N=CC=CC1Br. The van der Waals surface area contributed by atoms with E-state index in [0.29, 0.717) is 5.56 Å². The molecule has 3 N–H and O–H groups in total. The molecule has 3 atom stereocenters. The highest BCUT2D eigenvalue weighted by Gasteiger charge is 2.29. The molecule has 2 unspecified atom stereocenters. The van der Waals surface area contributed by atoms with Gasteiger partial charge in [-0.2, -0.15) is 0 Å². The minimum Gasteiger partial charge on any atom is -0.508 e. The number of allylic oxidation sites excluding steroid dienone is 1. The minimum absolute atomic E-state index is 0.0801. The molecule has 0 saturated carbocycles. The molecule has 3 aromatic rings. The van der Waals surface area contributed by atoms with Crippen molar-refractivity contribution in [2.45, 2.75) is 29.8 Å². The van der Waals surface area contributed by atoms with E-state index in [1.807, 2.05) is 6.08 Å². The number of fused-ring (bicyclic) bond motifs is 1. The third kappa shape index (κ3) is 5.02. The number of aromatic hydroxyl groups is 1. The number of H-pyrrole nitrogens is 1. The summed E-state index contributed by atoms with van der Waals surface area (Å²) in [5.41, 5.74) is 1.99. The zero-order valence-electron chi connectivity index (χ0n) is 16.4. The molecule has 0 fully saturated rings. The first-order valence-corrected chi connectivity index (χ1v) is 10.7. The molecule has 5 nitrogen and oxygen atoms in total. The van der Waals surface area contributed by atoms with Crippen molar-refractivity contribution in [1.82, 2.24) is 10.3 Å². The Morgan fingerprint density at radius 3 is 2.74 bits per heavy atom. The summed E-state index contributed by atoms with van der Waals surface area (Å²) in [5, 5.41) is 13.5. The molecule has 0 aliphatic carbocycles. The number of hydrogen-bond donors (Lipinski definition) is 3. The Morgan fingerprint density at radius 2 is 2.00 bits per heavy atom. The first-order valence-electron chi connectivity index (χ1n) is 9.76. The Kier molecular flexibility index (Phi) is 6.18. The summed E-state index contributed by atoms with van der Waals surface area (Å²) in [6, 6.07) is 7.43. The van der Waals surface area contributed by atoms with Gasteiger partial charge in [0, 0.05) is 29.4 Å². The van der Waals surface area contributed by atoms with Gasteiger partial charge < -0.3 is 15.4 Å². The number of hydrogen-bond acceptors (Lipinski definition) is 3. The van der Waals surface area contributed by atoms with E-state index in [-0.39, 0.29) is 35.4 Å². The number of amides is 1. The van der Waals surface area contributed by atoms with Gasteiger partial charge in [-0.1, -0.05) is 22.0 Å². The summed E-state index contributed by atoms with van der Waals surface area (Å²) in [4.78, 5) is 20.3. The van der Waals surface area contributed by atoms with Crippen molar-refractivity contribution in [3.63, 3.8) is 0 Å². The van der Waals surface area contributed by atoms with E-state index in [0.717, 1.165) is 22.5 Å². The van der Waals surface area contributed by atoms with Crippen LogP contribution in [-0.4, -0.2) is 39.1 Å². The van der Waals surface area contributed by atoms with Gasteiger partial charge >= 0.3 is 0 Å². The van der Waals surface area contributed by atoms with E-state index >= 15 is 0 Å². The lowest BCUT2D eigenvalue weighted by molar-refractivity contribution is -0.121. The second-order valence-corrected chi connectivity index (χ2v) is 8.55. The monoisotopic (exact) mass is 487 g/mol. The average Bonchev–Trinajstić information content (AvgIpc) is 3.09. The number of carbonyl (C=O) groups excluding carboxylic acids is 1. The van der Waals surface area contributed by atoms with Crippen LogP contribution >= 0.6 is 15.9 Å². The summed E-state index contributed by atoms with van der Waals surface area (Å²) in [7, 11) is 0. The Labute approximate surface area is 186 Å². The second-order valence-electron chi connectivity index (χ2n) is 7.49. The zero-order chi connectivity index (χ0) is 22.0. The van der Waals surface area contributed by atoms with Crippen LogP contribution in [0.15, 0.2) is 59.7 Å². The summed E-state index contributed by atoms with van der Waals surface area (Å²) in [6.07, 6.45) is 7.38. The van der Waals surface area contributed by atoms with E-state index < -0.39 is 17.7 Å². The lowest BCUT2D eigenvalue weighted by atomic mass is 9.95. The average molecular weight is 488 g/mol. The number of aromatic nitrogens is 1. The molecule has 1 aromatic heterocycles. The van der Waals surface area contributed by atoms with E-state index in [9.17, 15) is 18.7 Å². The maximum atomic E-state index is 13.7. The Bertz CT molecular complexity index is 1150. The van der Waals surface area contributed by atoms with E-state index in [1.165, 1.54) is 12.1 Å². The Morgan fingerprint density at radius 1 is 1.23 bits per heavy atom. The van der Waals surface area contributed by atoms with Gasteiger partial charge in [0.15, 0.2) is 0 Å². The predicted octanol–water partition coefficient (Wildman–Crippen LogP) is 4.19. The van der Waals surface area contributed by atoms with Crippen molar-refractivity contribution < 1.29 is 18.7 Å². The van der Waals surface area contributed by atoms with Gasteiger partial charge in [0.25, 0.3) is 0 Å². The number of carbonyl (C=O) groups is 1. The first kappa shape index (κ1) is 21.2. The molecule has 160 valence electrons. The molecule has 0 bridgehead atoms. The molecule has 4 rings (SSSR count). The van der Waals surface area contributed by atoms with Gasteiger partial charge in [-0.15, -0.1) is 0 Å². The van der Waals surface area contributed by atoms with Crippen LogP contribution < -0.4 is 5.32 Å². The van der Waals surface area contributed by atoms with Gasteiger partial charge in [-0.25, -0.2) is 8.78 Å². The van der Waals surface area contributed by atoms with Crippen LogP contribution in [0.4, 0.5) is 8.78 Å². The van der Waals surface area contributed by atoms with Crippen molar-refractivity contribution in [3.05, 3.63) is 77.5 Å². The van der Waals surface area contributed by atoms with Crippen LogP contribution in [-0.2, 0) is 17.6 Å². The highest BCUT2D eigenvalue weighted by atomic mass is 79.9. The molecule has 1 aliphatic rings. The fraction of sp³-hybridized carbons (Fsp3) is 0.217. The van der Waals surface area contributed by atoms with Gasteiger partial charge in [0.2, 0.25) is 5.91 Å².